The summed E-state index contributed by atoms with van der Waals surface area (Å²) in [6.45, 7) is -0.0117. The van der Waals surface area contributed by atoms with Crippen LogP contribution < -0.4 is 10.6 Å². The molecule has 2 rings (SSSR count). The van der Waals surface area contributed by atoms with Crippen molar-refractivity contribution >= 4 is 22.6 Å². The van der Waals surface area contributed by atoms with Gasteiger partial charge in [-0.25, -0.2) is 0 Å². The van der Waals surface area contributed by atoms with E-state index in [2.05, 4.69) is 10.6 Å². The van der Waals surface area contributed by atoms with Crippen LogP contribution in [0.25, 0.3) is 10.8 Å². The van der Waals surface area contributed by atoms with E-state index in [9.17, 15) is 9.59 Å². The third-order valence-electron chi connectivity index (χ3n) is 2.70. The minimum Gasteiger partial charge on any atom is -0.358 e. The molecule has 0 heterocycles. The first kappa shape index (κ1) is 12.1. The zero-order valence-electron chi connectivity index (χ0n) is 10.1. The molecule has 0 spiro atoms. The lowest BCUT2D eigenvalue weighted by atomic mass is 10.1. The Morgan fingerprint density at radius 2 is 1.78 bits per heavy atom. The van der Waals surface area contributed by atoms with E-state index in [1.807, 2.05) is 36.4 Å². The number of benzene rings is 2. The van der Waals surface area contributed by atoms with Gasteiger partial charge >= 0.3 is 0 Å². The predicted molar refractivity (Wildman–Crippen MR) is 70.3 cm³/mol. The van der Waals surface area contributed by atoms with Crippen molar-refractivity contribution in [2.24, 2.45) is 0 Å². The molecule has 2 aromatic rings. The van der Waals surface area contributed by atoms with E-state index >= 15 is 0 Å². The average Bonchev–Trinajstić information content (AvgIpc) is 2.43. The Labute approximate surface area is 105 Å². The van der Waals surface area contributed by atoms with E-state index < -0.39 is 0 Å². The maximum atomic E-state index is 11.8. The summed E-state index contributed by atoms with van der Waals surface area (Å²) in [5.74, 6) is -0.464. The van der Waals surface area contributed by atoms with Crippen LogP contribution in [0.2, 0.25) is 0 Å². The Morgan fingerprint density at radius 1 is 1.06 bits per heavy atom. The molecule has 4 heteroatoms. The van der Waals surface area contributed by atoms with E-state index in [1.165, 1.54) is 7.05 Å². The van der Waals surface area contributed by atoms with Crippen molar-refractivity contribution in [2.75, 3.05) is 13.6 Å². The third-order valence-corrected chi connectivity index (χ3v) is 2.70. The topological polar surface area (TPSA) is 58.2 Å². The highest BCUT2D eigenvalue weighted by molar-refractivity contribution is 5.99. The number of nitrogens with one attached hydrogen (secondary N) is 2. The first-order chi connectivity index (χ1) is 8.70. The normalized spacial score (nSPS) is 10.1. The summed E-state index contributed by atoms with van der Waals surface area (Å²) in [5, 5.41) is 7.10. The van der Waals surface area contributed by atoms with Gasteiger partial charge in [0.25, 0.3) is 5.91 Å². The Balaban J connectivity index is 2.15. The van der Waals surface area contributed by atoms with Crippen LogP contribution in [-0.2, 0) is 4.79 Å². The van der Waals surface area contributed by atoms with Crippen LogP contribution in [-0.4, -0.2) is 25.4 Å². The van der Waals surface area contributed by atoms with Crippen LogP contribution in [0.4, 0.5) is 0 Å². The Hall–Kier alpha value is -2.36. The van der Waals surface area contributed by atoms with Gasteiger partial charge in [0.1, 0.15) is 0 Å². The highest BCUT2D eigenvalue weighted by Crippen LogP contribution is 2.15. The summed E-state index contributed by atoms with van der Waals surface area (Å²) in [4.78, 5) is 22.9. The first-order valence-corrected chi connectivity index (χ1v) is 5.68. The number of fused-ring (bicyclic) bond motifs is 1. The molecule has 0 aliphatic heterocycles. The van der Waals surface area contributed by atoms with Crippen LogP contribution in [0.15, 0.2) is 42.5 Å². The SMILES string of the molecule is CNC(=O)CNC(=O)c1ccc2ccccc2c1. The zero-order chi connectivity index (χ0) is 13.0. The average molecular weight is 242 g/mol. The highest BCUT2D eigenvalue weighted by atomic mass is 16.2. The number of carbonyl (C=O) groups excluding carboxylic acids is 2. The standard InChI is InChI=1S/C14H14N2O2/c1-15-13(17)9-16-14(18)12-7-6-10-4-2-3-5-11(10)8-12/h2-8H,9H2,1H3,(H,15,17)(H,16,18). The Kier molecular flexibility index (Phi) is 3.57. The lowest BCUT2D eigenvalue weighted by Gasteiger charge is -2.05. The van der Waals surface area contributed by atoms with Gasteiger partial charge in [-0.1, -0.05) is 30.3 Å². The summed E-state index contributed by atoms with van der Waals surface area (Å²) in [5.41, 5.74) is 0.553. The van der Waals surface area contributed by atoms with Crippen LogP contribution >= 0.6 is 0 Å². The van der Waals surface area contributed by atoms with Gasteiger partial charge in [-0.15, -0.1) is 0 Å². The van der Waals surface area contributed by atoms with Crippen molar-refractivity contribution in [2.45, 2.75) is 0 Å². The molecule has 0 aliphatic rings. The second-order valence-electron chi connectivity index (χ2n) is 3.92. The molecule has 0 fully saturated rings. The maximum absolute atomic E-state index is 11.8. The highest BCUT2D eigenvalue weighted by Gasteiger charge is 2.07. The maximum Gasteiger partial charge on any atom is 0.251 e. The fourth-order valence-electron chi connectivity index (χ4n) is 1.68. The molecule has 0 aromatic heterocycles. The Bertz CT molecular complexity index is 593. The van der Waals surface area contributed by atoms with Crippen LogP contribution in [0.1, 0.15) is 10.4 Å². The number of amides is 2. The molecule has 0 radical (unpaired) electrons. The first-order valence-electron chi connectivity index (χ1n) is 5.68. The van der Waals surface area contributed by atoms with E-state index in [0.717, 1.165) is 10.8 Å². The van der Waals surface area contributed by atoms with Gasteiger partial charge in [0.15, 0.2) is 0 Å². The fraction of sp³-hybridized carbons (Fsp3) is 0.143. The lowest BCUT2D eigenvalue weighted by molar-refractivity contribution is -0.119. The number of rotatable bonds is 3. The molecule has 0 bridgehead atoms. The molecule has 2 amide bonds. The number of likely N-dealkylation sites (N-methyl/N-ethyl adjacent to an activating group) is 1. The van der Waals surface area contributed by atoms with Crippen molar-refractivity contribution in [3.05, 3.63) is 48.0 Å². The third kappa shape index (κ3) is 2.66. The van der Waals surface area contributed by atoms with Gasteiger partial charge < -0.3 is 10.6 Å². The minimum absolute atomic E-state index is 0.0117. The predicted octanol–water partition coefficient (Wildman–Crippen LogP) is 1.32. The molecule has 0 aliphatic carbocycles. The number of hydrogen-bond donors (Lipinski definition) is 2. The van der Waals surface area contributed by atoms with Crippen molar-refractivity contribution < 1.29 is 9.59 Å². The second-order valence-corrected chi connectivity index (χ2v) is 3.92. The largest absolute Gasteiger partial charge is 0.358 e. The fourth-order valence-corrected chi connectivity index (χ4v) is 1.68. The van der Waals surface area contributed by atoms with E-state index in [0.29, 0.717) is 5.56 Å². The smallest absolute Gasteiger partial charge is 0.251 e. The van der Waals surface area contributed by atoms with Crippen LogP contribution in [0, 0.1) is 0 Å². The second kappa shape index (κ2) is 5.31. The van der Waals surface area contributed by atoms with Gasteiger partial charge in [0.05, 0.1) is 6.54 Å². The molecule has 2 aromatic carbocycles. The van der Waals surface area contributed by atoms with Gasteiger partial charge in [0, 0.05) is 12.6 Å². The summed E-state index contributed by atoms with van der Waals surface area (Å²) < 4.78 is 0. The molecule has 0 atom stereocenters. The quantitative estimate of drug-likeness (QED) is 0.852. The summed E-state index contributed by atoms with van der Waals surface area (Å²) >= 11 is 0. The molecule has 92 valence electrons. The molecule has 0 saturated carbocycles. The van der Waals surface area contributed by atoms with Gasteiger partial charge in [-0.05, 0) is 22.9 Å². The van der Waals surface area contributed by atoms with E-state index in [-0.39, 0.29) is 18.4 Å². The van der Waals surface area contributed by atoms with Crippen molar-refractivity contribution in [1.29, 1.82) is 0 Å². The molecule has 4 nitrogen and oxygen atoms in total. The Morgan fingerprint density at radius 3 is 2.50 bits per heavy atom. The molecular weight excluding hydrogens is 228 g/mol. The molecule has 0 unspecified atom stereocenters. The van der Waals surface area contributed by atoms with Crippen LogP contribution in [0.3, 0.4) is 0 Å². The molecule has 0 saturated heterocycles. The van der Waals surface area contributed by atoms with Crippen molar-refractivity contribution in [3.63, 3.8) is 0 Å². The van der Waals surface area contributed by atoms with E-state index in [4.69, 9.17) is 0 Å². The molecule has 18 heavy (non-hydrogen) atoms. The summed E-state index contributed by atoms with van der Waals surface area (Å²) in [6, 6.07) is 13.3. The summed E-state index contributed by atoms with van der Waals surface area (Å²) in [7, 11) is 1.53. The van der Waals surface area contributed by atoms with Gasteiger partial charge in [-0.2, -0.15) is 0 Å². The van der Waals surface area contributed by atoms with Crippen molar-refractivity contribution in [3.8, 4) is 0 Å². The molecular formula is C14H14N2O2. The van der Waals surface area contributed by atoms with E-state index in [1.54, 1.807) is 6.07 Å². The minimum atomic E-state index is -0.246. The number of hydrogen-bond acceptors (Lipinski definition) is 2. The zero-order valence-corrected chi connectivity index (χ0v) is 10.1. The monoisotopic (exact) mass is 242 g/mol. The van der Waals surface area contributed by atoms with Gasteiger partial charge in [0.2, 0.25) is 5.91 Å². The van der Waals surface area contributed by atoms with Gasteiger partial charge in [-0.3, -0.25) is 9.59 Å². The summed E-state index contributed by atoms with van der Waals surface area (Å²) in [6.07, 6.45) is 0. The lowest BCUT2D eigenvalue weighted by Crippen LogP contribution is -2.35. The van der Waals surface area contributed by atoms with Crippen molar-refractivity contribution in [1.82, 2.24) is 10.6 Å². The number of carbonyl (C=O) groups is 2. The van der Waals surface area contributed by atoms with Crippen LogP contribution in [0.5, 0.6) is 0 Å². The molecule has 2 N–H and O–H groups in total.